The second kappa shape index (κ2) is 8.96. The largest absolute Gasteiger partial charge is 0.492 e. The molecule has 0 saturated heterocycles. The Morgan fingerprint density at radius 3 is 2.62 bits per heavy atom. The van der Waals surface area contributed by atoms with E-state index in [0.717, 1.165) is 13.0 Å². The summed E-state index contributed by atoms with van der Waals surface area (Å²) in [4.78, 5) is 4.03. The van der Waals surface area contributed by atoms with E-state index in [1.165, 1.54) is 25.7 Å². The number of nitrogens with zero attached hydrogens (tertiary/aromatic N) is 2. The van der Waals surface area contributed by atoms with Gasteiger partial charge in [0.05, 0.1) is 18.0 Å². The lowest BCUT2D eigenvalue weighted by Gasteiger charge is -2.08. The summed E-state index contributed by atoms with van der Waals surface area (Å²) in [6.07, 6.45) is 11.6. The first kappa shape index (κ1) is 16.2. The van der Waals surface area contributed by atoms with Crippen LogP contribution in [0.4, 0.5) is 0 Å². The number of imidazole rings is 1. The van der Waals surface area contributed by atoms with Crippen LogP contribution in [-0.2, 0) is 6.54 Å². The van der Waals surface area contributed by atoms with Crippen LogP contribution in [0.1, 0.15) is 32.1 Å². The van der Waals surface area contributed by atoms with Gasteiger partial charge in [0, 0.05) is 24.0 Å². The van der Waals surface area contributed by atoms with E-state index in [1.807, 2.05) is 24.8 Å². The maximum atomic E-state index is 6.04. The Hall–Kier alpha value is -1.19. The number of unbranched alkanes of at least 4 members (excludes halogenated alkanes) is 4. The first-order valence-electron chi connectivity index (χ1n) is 7.29. The van der Waals surface area contributed by atoms with Crippen LogP contribution in [0.25, 0.3) is 0 Å². The molecule has 0 aliphatic heterocycles. The smallest absolute Gasteiger partial charge is 0.137 e. The first-order valence-corrected chi connectivity index (χ1v) is 8.05. The molecule has 5 heteroatoms. The second-order valence-corrected chi connectivity index (χ2v) is 5.84. The van der Waals surface area contributed by atoms with Gasteiger partial charge in [-0.2, -0.15) is 0 Å². The molecule has 1 aromatic carbocycles. The summed E-state index contributed by atoms with van der Waals surface area (Å²) in [7, 11) is 0. The molecular formula is C16H20Cl2N2O. The fourth-order valence-electron chi connectivity index (χ4n) is 2.12. The summed E-state index contributed by atoms with van der Waals surface area (Å²) in [6, 6.07) is 5.31. The van der Waals surface area contributed by atoms with Gasteiger partial charge in [-0.25, -0.2) is 4.98 Å². The Morgan fingerprint density at radius 1 is 1.05 bits per heavy atom. The van der Waals surface area contributed by atoms with Crippen LogP contribution in [0.2, 0.25) is 10.0 Å². The molecule has 0 N–H and O–H groups in total. The van der Waals surface area contributed by atoms with E-state index in [4.69, 9.17) is 27.9 Å². The van der Waals surface area contributed by atoms with Gasteiger partial charge in [0.15, 0.2) is 0 Å². The Bertz CT molecular complexity index is 529. The number of hydrogen-bond acceptors (Lipinski definition) is 2. The molecule has 114 valence electrons. The molecule has 0 unspecified atom stereocenters. The van der Waals surface area contributed by atoms with Crippen LogP contribution in [0, 0.1) is 0 Å². The standard InChI is InChI=1S/C16H20Cl2N2O/c17-14-6-7-16(15(18)12-14)21-11-5-3-1-2-4-9-20-10-8-19-13-20/h6-8,10,12-13H,1-5,9,11H2. The van der Waals surface area contributed by atoms with Crippen molar-refractivity contribution in [2.75, 3.05) is 6.61 Å². The third kappa shape index (κ3) is 5.98. The van der Waals surface area contributed by atoms with E-state index in [1.54, 1.807) is 12.1 Å². The highest BCUT2D eigenvalue weighted by molar-refractivity contribution is 6.35. The Balaban J connectivity index is 1.50. The van der Waals surface area contributed by atoms with Gasteiger partial charge in [-0.3, -0.25) is 0 Å². The van der Waals surface area contributed by atoms with Crippen LogP contribution >= 0.6 is 23.2 Å². The molecule has 2 aromatic rings. The molecular weight excluding hydrogens is 307 g/mol. The lowest BCUT2D eigenvalue weighted by Crippen LogP contribution is -1.98. The van der Waals surface area contributed by atoms with Gasteiger partial charge in [0.1, 0.15) is 5.75 Å². The normalized spacial score (nSPS) is 10.8. The molecule has 0 aliphatic rings. The highest BCUT2D eigenvalue weighted by atomic mass is 35.5. The zero-order chi connectivity index (χ0) is 14.9. The van der Waals surface area contributed by atoms with Crippen molar-refractivity contribution in [3.8, 4) is 5.75 Å². The van der Waals surface area contributed by atoms with Crippen molar-refractivity contribution in [3.05, 3.63) is 47.0 Å². The summed E-state index contributed by atoms with van der Waals surface area (Å²) in [5.41, 5.74) is 0. The monoisotopic (exact) mass is 326 g/mol. The number of aromatic nitrogens is 2. The molecule has 0 amide bonds. The maximum Gasteiger partial charge on any atom is 0.137 e. The molecule has 21 heavy (non-hydrogen) atoms. The fourth-order valence-corrected chi connectivity index (χ4v) is 2.58. The molecule has 0 spiro atoms. The van der Waals surface area contributed by atoms with Crippen molar-refractivity contribution in [2.45, 2.75) is 38.6 Å². The van der Waals surface area contributed by atoms with Crippen LogP contribution in [-0.4, -0.2) is 16.2 Å². The minimum absolute atomic E-state index is 0.572. The zero-order valence-electron chi connectivity index (χ0n) is 12.0. The number of ether oxygens (including phenoxy) is 1. The lowest BCUT2D eigenvalue weighted by molar-refractivity contribution is 0.304. The quantitative estimate of drug-likeness (QED) is 0.591. The molecule has 0 aliphatic carbocycles. The average molecular weight is 327 g/mol. The van der Waals surface area contributed by atoms with E-state index in [2.05, 4.69) is 9.55 Å². The number of aryl methyl sites for hydroxylation is 1. The molecule has 0 radical (unpaired) electrons. The number of halogens is 2. The number of rotatable bonds is 9. The van der Waals surface area contributed by atoms with Gasteiger partial charge in [-0.1, -0.05) is 42.5 Å². The molecule has 3 nitrogen and oxygen atoms in total. The number of hydrogen-bond donors (Lipinski definition) is 0. The molecule has 0 bridgehead atoms. The third-order valence-electron chi connectivity index (χ3n) is 3.27. The van der Waals surface area contributed by atoms with Crippen molar-refractivity contribution < 1.29 is 4.74 Å². The van der Waals surface area contributed by atoms with Crippen LogP contribution < -0.4 is 4.74 Å². The summed E-state index contributed by atoms with van der Waals surface area (Å²) in [5.74, 6) is 0.709. The highest BCUT2D eigenvalue weighted by Gasteiger charge is 2.01. The molecule has 0 atom stereocenters. The second-order valence-electron chi connectivity index (χ2n) is 4.99. The van der Waals surface area contributed by atoms with Gasteiger partial charge in [-0.15, -0.1) is 0 Å². The van der Waals surface area contributed by atoms with Crippen molar-refractivity contribution in [2.24, 2.45) is 0 Å². The van der Waals surface area contributed by atoms with Crippen molar-refractivity contribution in [1.29, 1.82) is 0 Å². The molecule has 0 saturated carbocycles. The molecule has 1 aromatic heterocycles. The van der Waals surface area contributed by atoms with E-state index in [9.17, 15) is 0 Å². The number of benzene rings is 1. The first-order chi connectivity index (χ1) is 10.3. The van der Waals surface area contributed by atoms with E-state index in [0.29, 0.717) is 22.4 Å². The maximum absolute atomic E-state index is 6.04. The van der Waals surface area contributed by atoms with Gasteiger partial charge in [0.2, 0.25) is 0 Å². The summed E-state index contributed by atoms with van der Waals surface area (Å²) in [5, 5.41) is 1.20. The Labute approximate surface area is 135 Å². The molecule has 1 heterocycles. The third-order valence-corrected chi connectivity index (χ3v) is 3.80. The van der Waals surface area contributed by atoms with Gasteiger partial charge in [0.25, 0.3) is 0 Å². The Morgan fingerprint density at radius 2 is 1.86 bits per heavy atom. The zero-order valence-corrected chi connectivity index (χ0v) is 13.5. The van der Waals surface area contributed by atoms with Gasteiger partial charge < -0.3 is 9.30 Å². The van der Waals surface area contributed by atoms with Gasteiger partial charge in [-0.05, 0) is 31.0 Å². The van der Waals surface area contributed by atoms with Crippen LogP contribution in [0.5, 0.6) is 5.75 Å². The summed E-state index contributed by atoms with van der Waals surface area (Å²) >= 11 is 11.9. The SMILES string of the molecule is Clc1ccc(OCCCCCCCn2ccnc2)c(Cl)c1. The van der Waals surface area contributed by atoms with Crippen molar-refractivity contribution in [3.63, 3.8) is 0 Å². The minimum Gasteiger partial charge on any atom is -0.492 e. The predicted octanol–water partition coefficient (Wildman–Crippen LogP) is 5.22. The minimum atomic E-state index is 0.572. The summed E-state index contributed by atoms with van der Waals surface area (Å²) < 4.78 is 7.77. The predicted molar refractivity (Wildman–Crippen MR) is 87.3 cm³/mol. The van der Waals surface area contributed by atoms with Crippen LogP contribution in [0.3, 0.4) is 0 Å². The molecule has 0 fully saturated rings. The van der Waals surface area contributed by atoms with Crippen molar-refractivity contribution >= 4 is 23.2 Å². The van der Waals surface area contributed by atoms with E-state index in [-0.39, 0.29) is 0 Å². The van der Waals surface area contributed by atoms with Gasteiger partial charge >= 0.3 is 0 Å². The highest BCUT2D eigenvalue weighted by Crippen LogP contribution is 2.27. The Kier molecular flexibility index (Phi) is 6.90. The lowest BCUT2D eigenvalue weighted by atomic mass is 10.1. The van der Waals surface area contributed by atoms with E-state index < -0.39 is 0 Å². The fraction of sp³-hybridized carbons (Fsp3) is 0.438. The van der Waals surface area contributed by atoms with E-state index >= 15 is 0 Å². The topological polar surface area (TPSA) is 27.1 Å². The summed E-state index contributed by atoms with van der Waals surface area (Å²) in [6.45, 7) is 1.75. The van der Waals surface area contributed by atoms with Crippen molar-refractivity contribution in [1.82, 2.24) is 9.55 Å². The molecule has 2 rings (SSSR count). The average Bonchev–Trinajstić information content (AvgIpc) is 2.97. The van der Waals surface area contributed by atoms with Crippen LogP contribution in [0.15, 0.2) is 36.9 Å².